The zero-order chi connectivity index (χ0) is 16.3. The Morgan fingerprint density at radius 1 is 1.59 bits per heavy atom. The number of carboxylic acid groups (broad SMARTS) is 1. The van der Waals surface area contributed by atoms with Crippen LogP contribution in [0.1, 0.15) is 32.6 Å². The number of nitro groups is 1. The molecule has 0 bridgehead atoms. The molecule has 9 heteroatoms. The molecular formula is C13H18N4O5. The molecule has 2 unspecified atom stereocenters. The molecule has 2 rings (SSSR count). The van der Waals surface area contributed by atoms with E-state index in [-0.39, 0.29) is 12.2 Å². The molecule has 1 aliphatic rings. The van der Waals surface area contributed by atoms with Crippen molar-refractivity contribution in [3.63, 3.8) is 0 Å². The highest BCUT2D eigenvalue weighted by atomic mass is 16.6. The van der Waals surface area contributed by atoms with Crippen molar-refractivity contribution in [2.75, 3.05) is 0 Å². The first-order valence-electron chi connectivity index (χ1n) is 7.02. The van der Waals surface area contributed by atoms with Crippen LogP contribution >= 0.6 is 0 Å². The Morgan fingerprint density at radius 3 is 2.91 bits per heavy atom. The molecule has 1 amide bonds. The first-order valence-corrected chi connectivity index (χ1v) is 7.02. The van der Waals surface area contributed by atoms with Crippen molar-refractivity contribution >= 4 is 17.6 Å². The molecule has 120 valence electrons. The molecule has 0 aliphatic heterocycles. The summed E-state index contributed by atoms with van der Waals surface area (Å²) < 4.78 is 1.16. The number of hydrogen-bond donors (Lipinski definition) is 2. The maximum Gasteiger partial charge on any atom is 0.308 e. The molecule has 9 nitrogen and oxygen atoms in total. The van der Waals surface area contributed by atoms with Gasteiger partial charge in [0.25, 0.3) is 0 Å². The number of aromatic nitrogens is 2. The Kier molecular flexibility index (Phi) is 4.43. The number of amides is 1. The van der Waals surface area contributed by atoms with Gasteiger partial charge in [-0.15, -0.1) is 0 Å². The molecule has 1 fully saturated rings. The molecule has 1 saturated carbocycles. The van der Waals surface area contributed by atoms with E-state index in [9.17, 15) is 24.8 Å². The topological polar surface area (TPSA) is 127 Å². The summed E-state index contributed by atoms with van der Waals surface area (Å²) in [5.41, 5.74) is -1.000. The van der Waals surface area contributed by atoms with E-state index in [1.807, 2.05) is 0 Å². The van der Waals surface area contributed by atoms with Gasteiger partial charge in [0, 0.05) is 0 Å². The summed E-state index contributed by atoms with van der Waals surface area (Å²) in [6.45, 7) is 1.55. The predicted octanol–water partition coefficient (Wildman–Crippen LogP) is 0.941. The second kappa shape index (κ2) is 6.12. The number of rotatable bonds is 5. The first-order chi connectivity index (χ1) is 10.3. The van der Waals surface area contributed by atoms with Crippen molar-refractivity contribution in [2.24, 2.45) is 5.92 Å². The van der Waals surface area contributed by atoms with Gasteiger partial charge >= 0.3 is 11.7 Å². The molecule has 1 aromatic rings. The van der Waals surface area contributed by atoms with Gasteiger partial charge in [0.15, 0.2) is 0 Å². The Bertz CT molecular complexity index is 599. The van der Waals surface area contributed by atoms with Crippen LogP contribution in [0.25, 0.3) is 0 Å². The van der Waals surface area contributed by atoms with Crippen molar-refractivity contribution in [3.8, 4) is 0 Å². The molecule has 0 radical (unpaired) electrons. The highest BCUT2D eigenvalue weighted by Crippen LogP contribution is 2.33. The van der Waals surface area contributed by atoms with Crippen LogP contribution in [-0.4, -0.2) is 37.2 Å². The lowest BCUT2D eigenvalue weighted by molar-refractivity contribution is -0.385. The summed E-state index contributed by atoms with van der Waals surface area (Å²) >= 11 is 0. The second-order valence-electron chi connectivity index (χ2n) is 5.76. The largest absolute Gasteiger partial charge is 0.481 e. The van der Waals surface area contributed by atoms with Crippen molar-refractivity contribution in [3.05, 3.63) is 22.5 Å². The highest BCUT2D eigenvalue weighted by molar-refractivity contribution is 5.79. The van der Waals surface area contributed by atoms with E-state index < -0.39 is 28.3 Å². The van der Waals surface area contributed by atoms with Gasteiger partial charge in [-0.2, -0.15) is 5.10 Å². The zero-order valence-electron chi connectivity index (χ0n) is 12.2. The molecule has 22 heavy (non-hydrogen) atoms. The van der Waals surface area contributed by atoms with Gasteiger partial charge in [-0.05, 0) is 19.8 Å². The van der Waals surface area contributed by atoms with Crippen LogP contribution in [0.4, 0.5) is 5.69 Å². The Morgan fingerprint density at radius 2 is 2.32 bits per heavy atom. The SMILES string of the molecule is CC1(NC(=O)Cn2cc([N+](=O)[O-])cn2)CCCCC1C(=O)O. The summed E-state index contributed by atoms with van der Waals surface area (Å²) in [5.74, 6) is -1.96. The molecular weight excluding hydrogens is 292 g/mol. The van der Waals surface area contributed by atoms with Gasteiger partial charge < -0.3 is 10.4 Å². The lowest BCUT2D eigenvalue weighted by Crippen LogP contribution is -2.56. The predicted molar refractivity (Wildman–Crippen MR) is 75.0 cm³/mol. The van der Waals surface area contributed by atoms with Gasteiger partial charge in [-0.1, -0.05) is 12.8 Å². The van der Waals surface area contributed by atoms with Crippen LogP contribution in [0.3, 0.4) is 0 Å². The average molecular weight is 310 g/mol. The molecule has 2 N–H and O–H groups in total. The third-order valence-corrected chi connectivity index (χ3v) is 4.07. The lowest BCUT2D eigenvalue weighted by Gasteiger charge is -2.39. The third-order valence-electron chi connectivity index (χ3n) is 4.07. The molecule has 0 aromatic carbocycles. The smallest absolute Gasteiger partial charge is 0.308 e. The average Bonchev–Trinajstić information content (AvgIpc) is 2.86. The fourth-order valence-electron chi connectivity index (χ4n) is 2.92. The number of hydrogen-bond acceptors (Lipinski definition) is 5. The summed E-state index contributed by atoms with van der Waals surface area (Å²) in [6, 6.07) is 0. The molecule has 1 heterocycles. The third kappa shape index (κ3) is 3.41. The fraction of sp³-hybridized carbons (Fsp3) is 0.615. The second-order valence-corrected chi connectivity index (χ2v) is 5.76. The maximum absolute atomic E-state index is 12.1. The zero-order valence-corrected chi connectivity index (χ0v) is 12.2. The minimum atomic E-state index is -0.919. The van der Waals surface area contributed by atoms with E-state index in [0.29, 0.717) is 12.8 Å². The Hall–Kier alpha value is -2.45. The van der Waals surface area contributed by atoms with Gasteiger partial charge in [-0.25, -0.2) is 0 Å². The lowest BCUT2D eigenvalue weighted by atomic mass is 9.74. The van der Waals surface area contributed by atoms with Crippen molar-refractivity contribution in [2.45, 2.75) is 44.7 Å². The number of nitrogens with zero attached hydrogens (tertiary/aromatic N) is 3. The first kappa shape index (κ1) is 15.9. The van der Waals surface area contributed by atoms with E-state index in [4.69, 9.17) is 0 Å². The molecule has 1 aliphatic carbocycles. The fourth-order valence-corrected chi connectivity index (χ4v) is 2.92. The maximum atomic E-state index is 12.1. The van der Waals surface area contributed by atoms with Crippen molar-refractivity contribution in [1.29, 1.82) is 0 Å². The number of aliphatic carboxylic acids is 1. The number of nitrogens with one attached hydrogen (secondary N) is 1. The Labute approximate surface area is 126 Å². The van der Waals surface area contributed by atoms with E-state index in [2.05, 4.69) is 10.4 Å². The van der Waals surface area contributed by atoms with E-state index in [0.717, 1.165) is 29.9 Å². The van der Waals surface area contributed by atoms with Crippen molar-refractivity contribution in [1.82, 2.24) is 15.1 Å². The van der Waals surface area contributed by atoms with E-state index in [1.54, 1.807) is 6.92 Å². The van der Waals surface area contributed by atoms with Gasteiger partial charge in [0.1, 0.15) is 18.9 Å². The monoisotopic (exact) mass is 310 g/mol. The standard InChI is InChI=1S/C13H18N4O5/c1-13(5-3-2-4-10(13)12(19)20)15-11(18)8-16-7-9(6-14-16)17(21)22/h6-7,10H,2-5,8H2,1H3,(H,15,18)(H,19,20). The van der Waals surface area contributed by atoms with Gasteiger partial charge in [-0.3, -0.25) is 24.4 Å². The molecule has 1 aromatic heterocycles. The van der Waals surface area contributed by atoms with E-state index >= 15 is 0 Å². The van der Waals surface area contributed by atoms with Crippen LogP contribution in [0.15, 0.2) is 12.4 Å². The minimum absolute atomic E-state index is 0.185. The molecule has 0 spiro atoms. The van der Waals surface area contributed by atoms with Crippen LogP contribution in [0.5, 0.6) is 0 Å². The quantitative estimate of drug-likeness (QED) is 0.615. The summed E-state index contributed by atoms with van der Waals surface area (Å²) in [4.78, 5) is 33.4. The van der Waals surface area contributed by atoms with Gasteiger partial charge in [0.05, 0.1) is 16.4 Å². The van der Waals surface area contributed by atoms with Crippen LogP contribution in [0, 0.1) is 16.0 Å². The minimum Gasteiger partial charge on any atom is -0.481 e. The number of carbonyl (C=O) groups excluding carboxylic acids is 1. The van der Waals surface area contributed by atoms with Crippen LogP contribution in [0.2, 0.25) is 0 Å². The van der Waals surface area contributed by atoms with Crippen LogP contribution in [-0.2, 0) is 16.1 Å². The van der Waals surface area contributed by atoms with Crippen LogP contribution < -0.4 is 5.32 Å². The van der Waals surface area contributed by atoms with E-state index in [1.165, 1.54) is 0 Å². The highest BCUT2D eigenvalue weighted by Gasteiger charge is 2.42. The normalized spacial score (nSPS) is 24.7. The molecule has 2 atom stereocenters. The van der Waals surface area contributed by atoms with Crippen molar-refractivity contribution < 1.29 is 19.6 Å². The Balaban J connectivity index is 2.03. The summed E-state index contributed by atoms with van der Waals surface area (Å²) in [7, 11) is 0. The summed E-state index contributed by atoms with van der Waals surface area (Å²) in [6.07, 6.45) is 5.03. The number of carbonyl (C=O) groups is 2. The molecule has 0 saturated heterocycles. The number of carboxylic acids is 1. The summed E-state index contributed by atoms with van der Waals surface area (Å²) in [5, 5.41) is 26.4. The van der Waals surface area contributed by atoms with Gasteiger partial charge in [0.2, 0.25) is 5.91 Å².